The molecule has 0 aliphatic rings. The van der Waals surface area contributed by atoms with Crippen molar-refractivity contribution in [2.45, 2.75) is 12.8 Å². The molecule has 0 radical (unpaired) electrons. The molecule has 0 fully saturated rings. The van der Waals surface area contributed by atoms with E-state index in [0.717, 1.165) is 19.4 Å². The lowest BCUT2D eigenvalue weighted by atomic mass is 10.0. The third-order valence-corrected chi connectivity index (χ3v) is 3.61. The summed E-state index contributed by atoms with van der Waals surface area (Å²) in [6, 6.07) is 25.6. The molecule has 3 aromatic rings. The van der Waals surface area contributed by atoms with Gasteiger partial charge in [-0.1, -0.05) is 60.7 Å². The lowest BCUT2D eigenvalue weighted by molar-refractivity contribution is 0.868. The van der Waals surface area contributed by atoms with Gasteiger partial charge in [0.25, 0.3) is 0 Å². The number of para-hydroxylation sites is 1. The van der Waals surface area contributed by atoms with Gasteiger partial charge in [-0.05, 0) is 41.3 Å². The van der Waals surface area contributed by atoms with E-state index in [2.05, 4.69) is 72.0 Å². The SMILES string of the molecule is c1ccc(NCCCc2cccc3ccccc23)cc1. The third-order valence-electron chi connectivity index (χ3n) is 3.61. The van der Waals surface area contributed by atoms with Crippen molar-refractivity contribution >= 4 is 16.5 Å². The van der Waals surface area contributed by atoms with Crippen molar-refractivity contribution in [3.8, 4) is 0 Å². The highest BCUT2D eigenvalue weighted by Gasteiger charge is 1.99. The summed E-state index contributed by atoms with van der Waals surface area (Å²) in [5.74, 6) is 0. The lowest BCUT2D eigenvalue weighted by Gasteiger charge is -2.08. The highest BCUT2D eigenvalue weighted by molar-refractivity contribution is 5.85. The zero-order valence-electron chi connectivity index (χ0n) is 11.5. The summed E-state index contributed by atoms with van der Waals surface area (Å²) in [7, 11) is 0. The lowest BCUT2D eigenvalue weighted by Crippen LogP contribution is -2.02. The maximum Gasteiger partial charge on any atom is 0.0340 e. The largest absolute Gasteiger partial charge is 0.385 e. The van der Waals surface area contributed by atoms with E-state index in [1.807, 2.05) is 6.07 Å². The second-order valence-corrected chi connectivity index (χ2v) is 5.03. The molecule has 3 aromatic carbocycles. The van der Waals surface area contributed by atoms with Crippen LogP contribution in [0.4, 0.5) is 5.69 Å². The smallest absolute Gasteiger partial charge is 0.0340 e. The fraction of sp³-hybridized carbons (Fsp3) is 0.158. The van der Waals surface area contributed by atoms with Crippen LogP contribution in [0.1, 0.15) is 12.0 Å². The van der Waals surface area contributed by atoms with Crippen molar-refractivity contribution in [3.63, 3.8) is 0 Å². The first-order valence-electron chi connectivity index (χ1n) is 7.19. The Labute approximate surface area is 120 Å². The predicted octanol–water partition coefficient (Wildman–Crippen LogP) is 4.88. The highest BCUT2D eigenvalue weighted by Crippen LogP contribution is 2.19. The molecule has 0 saturated heterocycles. The molecule has 0 aliphatic heterocycles. The average Bonchev–Trinajstić information content (AvgIpc) is 2.53. The Morgan fingerprint density at radius 3 is 2.35 bits per heavy atom. The van der Waals surface area contributed by atoms with Crippen molar-refractivity contribution in [2.75, 3.05) is 11.9 Å². The van der Waals surface area contributed by atoms with Crippen molar-refractivity contribution in [1.29, 1.82) is 0 Å². The van der Waals surface area contributed by atoms with Crippen LogP contribution in [-0.2, 0) is 6.42 Å². The molecule has 20 heavy (non-hydrogen) atoms. The van der Waals surface area contributed by atoms with Gasteiger partial charge in [0.1, 0.15) is 0 Å². The molecule has 100 valence electrons. The van der Waals surface area contributed by atoms with Crippen LogP contribution in [0.25, 0.3) is 10.8 Å². The number of benzene rings is 3. The van der Waals surface area contributed by atoms with Gasteiger partial charge in [-0.15, -0.1) is 0 Å². The quantitative estimate of drug-likeness (QED) is 0.645. The van der Waals surface area contributed by atoms with Gasteiger partial charge in [-0.3, -0.25) is 0 Å². The summed E-state index contributed by atoms with van der Waals surface area (Å²) in [4.78, 5) is 0. The van der Waals surface area contributed by atoms with Crippen LogP contribution in [-0.4, -0.2) is 6.54 Å². The van der Waals surface area contributed by atoms with Crippen molar-refractivity contribution in [1.82, 2.24) is 0 Å². The summed E-state index contributed by atoms with van der Waals surface area (Å²) in [6.07, 6.45) is 2.25. The number of anilines is 1. The number of nitrogens with one attached hydrogen (secondary N) is 1. The zero-order valence-corrected chi connectivity index (χ0v) is 11.5. The normalized spacial score (nSPS) is 10.6. The molecular formula is C19H19N. The average molecular weight is 261 g/mol. The number of hydrogen-bond donors (Lipinski definition) is 1. The molecule has 1 N–H and O–H groups in total. The van der Waals surface area contributed by atoms with Crippen molar-refractivity contribution in [2.24, 2.45) is 0 Å². The van der Waals surface area contributed by atoms with Gasteiger partial charge in [-0.2, -0.15) is 0 Å². The second-order valence-electron chi connectivity index (χ2n) is 5.03. The van der Waals surface area contributed by atoms with E-state index >= 15 is 0 Å². The third kappa shape index (κ3) is 3.00. The number of rotatable bonds is 5. The Bertz CT molecular complexity index is 668. The minimum Gasteiger partial charge on any atom is -0.385 e. The summed E-state index contributed by atoms with van der Waals surface area (Å²) in [6.45, 7) is 1.01. The van der Waals surface area contributed by atoms with E-state index in [0.29, 0.717) is 0 Å². The molecule has 0 heterocycles. The first-order valence-corrected chi connectivity index (χ1v) is 7.19. The van der Waals surface area contributed by atoms with Gasteiger partial charge in [-0.25, -0.2) is 0 Å². The van der Waals surface area contributed by atoms with Gasteiger partial charge in [0, 0.05) is 12.2 Å². The van der Waals surface area contributed by atoms with E-state index in [-0.39, 0.29) is 0 Å². The standard InChI is InChI=1S/C19H19N/c1-2-12-18(13-3-1)20-15-7-11-17-10-6-9-16-8-4-5-14-19(16)17/h1-6,8-10,12-14,20H,7,11,15H2. The van der Waals surface area contributed by atoms with Crippen LogP contribution in [0.15, 0.2) is 72.8 Å². The van der Waals surface area contributed by atoms with E-state index in [1.54, 1.807) is 0 Å². The van der Waals surface area contributed by atoms with E-state index in [1.165, 1.54) is 22.0 Å². The number of fused-ring (bicyclic) bond motifs is 1. The molecular weight excluding hydrogens is 242 g/mol. The molecule has 0 aromatic heterocycles. The maximum atomic E-state index is 3.46. The fourth-order valence-electron chi connectivity index (χ4n) is 2.58. The molecule has 0 spiro atoms. The van der Waals surface area contributed by atoms with Crippen LogP contribution in [0.3, 0.4) is 0 Å². The molecule has 0 amide bonds. The summed E-state index contributed by atoms with van der Waals surface area (Å²) >= 11 is 0. The Balaban J connectivity index is 1.60. The van der Waals surface area contributed by atoms with Crippen LogP contribution in [0.2, 0.25) is 0 Å². The van der Waals surface area contributed by atoms with Crippen LogP contribution in [0, 0.1) is 0 Å². The topological polar surface area (TPSA) is 12.0 Å². The first kappa shape index (κ1) is 12.7. The van der Waals surface area contributed by atoms with Gasteiger partial charge in [0.05, 0.1) is 0 Å². The second kappa shape index (κ2) is 6.25. The summed E-state index contributed by atoms with van der Waals surface area (Å²) in [5, 5.41) is 6.18. The van der Waals surface area contributed by atoms with Gasteiger partial charge in [0.15, 0.2) is 0 Å². The minimum absolute atomic E-state index is 1.01. The molecule has 1 heteroatoms. The van der Waals surface area contributed by atoms with Crippen LogP contribution in [0.5, 0.6) is 0 Å². The van der Waals surface area contributed by atoms with Gasteiger partial charge >= 0.3 is 0 Å². The molecule has 0 saturated carbocycles. The molecule has 0 unspecified atom stereocenters. The fourth-order valence-corrected chi connectivity index (χ4v) is 2.58. The van der Waals surface area contributed by atoms with Crippen molar-refractivity contribution < 1.29 is 0 Å². The molecule has 3 rings (SSSR count). The highest BCUT2D eigenvalue weighted by atomic mass is 14.9. The molecule has 1 nitrogen and oxygen atoms in total. The maximum absolute atomic E-state index is 3.46. The van der Waals surface area contributed by atoms with E-state index < -0.39 is 0 Å². The monoisotopic (exact) mass is 261 g/mol. The Hall–Kier alpha value is -2.28. The van der Waals surface area contributed by atoms with Crippen molar-refractivity contribution in [3.05, 3.63) is 78.4 Å². The minimum atomic E-state index is 1.01. The van der Waals surface area contributed by atoms with Gasteiger partial charge < -0.3 is 5.32 Å². The first-order chi connectivity index (χ1) is 9.93. The zero-order chi connectivity index (χ0) is 13.6. The van der Waals surface area contributed by atoms with Gasteiger partial charge in [0.2, 0.25) is 0 Å². The predicted molar refractivity (Wildman–Crippen MR) is 87.2 cm³/mol. The van der Waals surface area contributed by atoms with E-state index in [4.69, 9.17) is 0 Å². The number of aryl methyl sites for hydroxylation is 1. The van der Waals surface area contributed by atoms with Crippen LogP contribution < -0.4 is 5.32 Å². The Kier molecular flexibility index (Phi) is 3.98. The molecule has 0 aliphatic carbocycles. The summed E-state index contributed by atoms with van der Waals surface area (Å²) in [5.41, 5.74) is 2.64. The molecule has 0 bridgehead atoms. The Morgan fingerprint density at radius 2 is 1.45 bits per heavy atom. The van der Waals surface area contributed by atoms with E-state index in [9.17, 15) is 0 Å². The molecule has 0 atom stereocenters. The summed E-state index contributed by atoms with van der Waals surface area (Å²) < 4.78 is 0. The Morgan fingerprint density at radius 1 is 0.700 bits per heavy atom. The number of hydrogen-bond acceptors (Lipinski definition) is 1. The van der Waals surface area contributed by atoms with Crippen LogP contribution >= 0.6 is 0 Å².